The van der Waals surface area contributed by atoms with Gasteiger partial charge in [0.25, 0.3) is 0 Å². The van der Waals surface area contributed by atoms with Crippen LogP contribution in [0.5, 0.6) is 5.75 Å². The van der Waals surface area contributed by atoms with Crippen molar-refractivity contribution in [1.29, 1.82) is 0 Å². The molecule has 1 aromatic heterocycles. The van der Waals surface area contributed by atoms with E-state index in [4.69, 9.17) is 14.2 Å². The molecule has 1 heterocycles. The lowest BCUT2D eigenvalue weighted by Gasteiger charge is -2.10. The Hall–Kier alpha value is -3.35. The highest BCUT2D eigenvalue weighted by Crippen LogP contribution is 2.24. The Bertz CT molecular complexity index is 1000. The lowest BCUT2D eigenvalue weighted by atomic mass is 10.1. The molecule has 0 saturated carbocycles. The zero-order valence-corrected chi connectivity index (χ0v) is 19.5. The maximum absolute atomic E-state index is 11.9. The maximum Gasteiger partial charge on any atom is 0.508 e. The summed E-state index contributed by atoms with van der Waals surface area (Å²) < 4.78 is 17.8. The first-order chi connectivity index (χ1) is 16.2. The number of unbranched alkanes of at least 4 members (excludes halogenated alkanes) is 5. The Labute approximate surface area is 195 Å². The van der Waals surface area contributed by atoms with Crippen LogP contribution in [0.1, 0.15) is 57.9 Å². The van der Waals surface area contributed by atoms with Gasteiger partial charge in [-0.25, -0.2) is 14.5 Å². The van der Waals surface area contributed by atoms with Crippen molar-refractivity contribution in [3.8, 4) is 22.8 Å². The topological polar surface area (TPSA) is 75.5 Å². The van der Waals surface area contributed by atoms with E-state index >= 15 is 0 Å². The molecule has 0 radical (unpaired) electrons. The second-order valence-corrected chi connectivity index (χ2v) is 7.78. The first kappa shape index (κ1) is 24.3. The molecule has 176 valence electrons. The van der Waals surface area contributed by atoms with Crippen molar-refractivity contribution in [3.63, 3.8) is 0 Å². The lowest BCUT2D eigenvalue weighted by Crippen LogP contribution is -2.09. The standard InChI is InChI=1S/C26H33N3O4/c1-3-5-6-7-8-9-16-32-26(30)33-19-21-12-10-14-23(17-21)29-25(27-20-28-29)22-13-11-15-24(18-22)31-4-2/h10-15,17-18,20H,3-9,16,19H2,1-2H3. The minimum absolute atomic E-state index is 0.132. The van der Waals surface area contributed by atoms with Crippen LogP contribution in [-0.4, -0.2) is 34.1 Å². The van der Waals surface area contributed by atoms with Gasteiger partial charge in [-0.1, -0.05) is 63.3 Å². The predicted octanol–water partition coefficient (Wildman–Crippen LogP) is 6.35. The van der Waals surface area contributed by atoms with E-state index in [1.807, 2.05) is 55.5 Å². The fourth-order valence-corrected chi connectivity index (χ4v) is 3.52. The molecule has 0 fully saturated rings. The van der Waals surface area contributed by atoms with E-state index < -0.39 is 6.16 Å². The Morgan fingerprint density at radius 2 is 1.76 bits per heavy atom. The molecule has 0 spiro atoms. The normalized spacial score (nSPS) is 10.7. The Kier molecular flexibility index (Phi) is 9.76. The van der Waals surface area contributed by atoms with Crippen molar-refractivity contribution in [2.24, 2.45) is 0 Å². The van der Waals surface area contributed by atoms with E-state index in [1.165, 1.54) is 32.0 Å². The molecule has 3 rings (SSSR count). The van der Waals surface area contributed by atoms with Crippen molar-refractivity contribution < 1.29 is 19.0 Å². The highest BCUT2D eigenvalue weighted by molar-refractivity contribution is 5.61. The van der Waals surface area contributed by atoms with E-state index in [0.29, 0.717) is 19.0 Å². The smallest absolute Gasteiger partial charge is 0.494 e. The second kappa shape index (κ2) is 13.3. The minimum atomic E-state index is -0.636. The van der Waals surface area contributed by atoms with E-state index in [9.17, 15) is 4.79 Å². The molecule has 0 aliphatic rings. The molecule has 0 atom stereocenters. The highest BCUT2D eigenvalue weighted by Gasteiger charge is 2.11. The summed E-state index contributed by atoms with van der Waals surface area (Å²) in [5.41, 5.74) is 2.57. The van der Waals surface area contributed by atoms with Gasteiger partial charge in [-0.3, -0.25) is 0 Å². The van der Waals surface area contributed by atoms with E-state index in [1.54, 1.807) is 4.68 Å². The second-order valence-electron chi connectivity index (χ2n) is 7.78. The lowest BCUT2D eigenvalue weighted by molar-refractivity contribution is 0.0487. The molecule has 33 heavy (non-hydrogen) atoms. The van der Waals surface area contributed by atoms with Gasteiger partial charge in [0.15, 0.2) is 5.82 Å². The molecular formula is C26H33N3O4. The number of nitrogens with zero attached hydrogens (tertiary/aromatic N) is 3. The van der Waals surface area contributed by atoms with Crippen LogP contribution in [0.4, 0.5) is 4.79 Å². The van der Waals surface area contributed by atoms with Gasteiger partial charge in [0, 0.05) is 5.56 Å². The molecule has 0 aliphatic carbocycles. The molecule has 3 aromatic rings. The van der Waals surface area contributed by atoms with Crippen LogP contribution in [-0.2, 0) is 16.1 Å². The molecule has 0 amide bonds. The molecule has 7 heteroatoms. The third kappa shape index (κ3) is 7.63. The Morgan fingerprint density at radius 3 is 2.61 bits per heavy atom. The quantitative estimate of drug-likeness (QED) is 0.223. The van der Waals surface area contributed by atoms with Gasteiger partial charge in [-0.05, 0) is 43.2 Å². The van der Waals surface area contributed by atoms with Crippen LogP contribution < -0.4 is 4.74 Å². The van der Waals surface area contributed by atoms with E-state index in [2.05, 4.69) is 17.0 Å². The number of benzene rings is 2. The molecule has 0 bridgehead atoms. The molecule has 0 N–H and O–H groups in total. The van der Waals surface area contributed by atoms with Crippen LogP contribution in [0.25, 0.3) is 17.1 Å². The fourth-order valence-electron chi connectivity index (χ4n) is 3.52. The van der Waals surface area contributed by atoms with Crippen molar-refractivity contribution >= 4 is 6.16 Å². The van der Waals surface area contributed by atoms with E-state index in [0.717, 1.165) is 35.4 Å². The summed E-state index contributed by atoms with van der Waals surface area (Å²) in [6.07, 6.45) is 7.73. The third-order valence-corrected chi connectivity index (χ3v) is 5.18. The maximum atomic E-state index is 11.9. The molecule has 0 unspecified atom stereocenters. The van der Waals surface area contributed by atoms with Gasteiger partial charge in [-0.15, -0.1) is 0 Å². The number of hydrogen-bond donors (Lipinski definition) is 0. The van der Waals surface area contributed by atoms with Crippen LogP contribution in [0.15, 0.2) is 54.9 Å². The van der Waals surface area contributed by atoms with Crippen molar-refractivity contribution in [1.82, 2.24) is 14.8 Å². The van der Waals surface area contributed by atoms with Crippen molar-refractivity contribution in [3.05, 3.63) is 60.4 Å². The molecule has 2 aromatic carbocycles. The van der Waals surface area contributed by atoms with Gasteiger partial charge in [-0.2, -0.15) is 5.10 Å². The monoisotopic (exact) mass is 451 g/mol. The van der Waals surface area contributed by atoms with Crippen LogP contribution in [0.3, 0.4) is 0 Å². The van der Waals surface area contributed by atoms with Crippen LogP contribution in [0.2, 0.25) is 0 Å². The zero-order valence-electron chi connectivity index (χ0n) is 19.5. The average molecular weight is 452 g/mol. The van der Waals surface area contributed by atoms with Gasteiger partial charge in [0.05, 0.1) is 18.9 Å². The summed E-state index contributed by atoms with van der Waals surface area (Å²) in [6, 6.07) is 15.4. The predicted molar refractivity (Wildman–Crippen MR) is 127 cm³/mol. The number of rotatable bonds is 13. The summed E-state index contributed by atoms with van der Waals surface area (Å²) in [7, 11) is 0. The Balaban J connectivity index is 1.55. The summed E-state index contributed by atoms with van der Waals surface area (Å²) >= 11 is 0. The number of carbonyl (C=O) groups excluding carboxylic acids is 1. The number of aromatic nitrogens is 3. The van der Waals surface area contributed by atoms with Gasteiger partial charge in [0.2, 0.25) is 0 Å². The van der Waals surface area contributed by atoms with Gasteiger partial charge >= 0.3 is 6.16 Å². The molecular weight excluding hydrogens is 418 g/mol. The third-order valence-electron chi connectivity index (χ3n) is 5.18. The summed E-state index contributed by atoms with van der Waals surface area (Å²) in [5, 5.41) is 4.38. The van der Waals surface area contributed by atoms with Gasteiger partial charge < -0.3 is 14.2 Å². The van der Waals surface area contributed by atoms with Crippen molar-refractivity contribution in [2.45, 2.75) is 59.0 Å². The SMILES string of the molecule is CCCCCCCCOC(=O)OCc1cccc(-n2ncnc2-c2cccc(OCC)c2)c1. The van der Waals surface area contributed by atoms with Crippen LogP contribution >= 0.6 is 0 Å². The first-order valence-corrected chi connectivity index (χ1v) is 11.7. The summed E-state index contributed by atoms with van der Waals surface area (Å²) in [5.74, 6) is 1.49. The number of carbonyl (C=O) groups is 1. The largest absolute Gasteiger partial charge is 0.508 e. The Morgan fingerprint density at radius 1 is 0.939 bits per heavy atom. The molecule has 0 aliphatic heterocycles. The van der Waals surface area contributed by atoms with Crippen LogP contribution in [0, 0.1) is 0 Å². The van der Waals surface area contributed by atoms with Crippen molar-refractivity contribution in [2.75, 3.05) is 13.2 Å². The van der Waals surface area contributed by atoms with Gasteiger partial charge in [0.1, 0.15) is 18.7 Å². The minimum Gasteiger partial charge on any atom is -0.494 e. The highest BCUT2D eigenvalue weighted by atomic mass is 16.7. The number of hydrogen-bond acceptors (Lipinski definition) is 6. The van der Waals surface area contributed by atoms with E-state index in [-0.39, 0.29) is 6.61 Å². The zero-order chi connectivity index (χ0) is 23.3. The molecule has 7 nitrogen and oxygen atoms in total. The fraction of sp³-hybridized carbons (Fsp3) is 0.423. The molecule has 0 saturated heterocycles. The first-order valence-electron chi connectivity index (χ1n) is 11.7. The summed E-state index contributed by atoms with van der Waals surface area (Å²) in [4.78, 5) is 16.3. The average Bonchev–Trinajstić information content (AvgIpc) is 3.33. The number of ether oxygens (including phenoxy) is 3. The summed E-state index contributed by atoms with van der Waals surface area (Å²) in [6.45, 7) is 5.27.